The van der Waals surface area contributed by atoms with Crippen LogP contribution in [0.4, 0.5) is 22.7 Å². The number of nitrogens with one attached hydrogen (secondary N) is 1. The van der Waals surface area contributed by atoms with E-state index in [4.69, 9.17) is 14.2 Å². The molecule has 2 heterocycles. The van der Waals surface area contributed by atoms with Crippen molar-refractivity contribution in [2.75, 3.05) is 74.3 Å². The average molecular weight is 485 g/mol. The number of amides is 1. The summed E-state index contributed by atoms with van der Waals surface area (Å²) in [6.45, 7) is 6.40. The molecule has 2 aromatic carbocycles. The summed E-state index contributed by atoms with van der Waals surface area (Å²) in [6, 6.07) is 9.27. The number of esters is 1. The first-order chi connectivity index (χ1) is 17.0. The number of anilines is 3. The molecule has 2 aliphatic heterocycles. The highest BCUT2D eigenvalue weighted by Gasteiger charge is 2.24. The number of morpholine rings is 2. The van der Waals surface area contributed by atoms with Crippen molar-refractivity contribution in [2.24, 2.45) is 0 Å². The zero-order valence-electron chi connectivity index (χ0n) is 19.5. The quantitative estimate of drug-likeness (QED) is 0.359. The Labute approximate surface area is 202 Å². The first kappa shape index (κ1) is 24.4. The number of carbonyl (C=O) groups is 2. The number of nitro benzene ring substituents is 1. The van der Waals surface area contributed by atoms with Crippen LogP contribution < -0.4 is 15.1 Å². The van der Waals surface area contributed by atoms with Crippen LogP contribution in [-0.4, -0.2) is 76.0 Å². The number of nitrogens with zero attached hydrogens (tertiary/aromatic N) is 3. The van der Waals surface area contributed by atoms with E-state index in [1.54, 1.807) is 31.2 Å². The highest BCUT2D eigenvalue weighted by atomic mass is 16.6. The number of hydrogen-bond acceptors (Lipinski definition) is 9. The molecule has 2 aliphatic rings. The molecule has 35 heavy (non-hydrogen) atoms. The third-order valence-electron chi connectivity index (χ3n) is 5.90. The molecule has 1 amide bonds. The Morgan fingerprint density at radius 3 is 2.17 bits per heavy atom. The maximum Gasteiger partial charge on any atom is 0.338 e. The van der Waals surface area contributed by atoms with Gasteiger partial charge in [-0.3, -0.25) is 14.9 Å². The fraction of sp³-hybridized carbons (Fsp3) is 0.417. The van der Waals surface area contributed by atoms with Crippen LogP contribution in [0.15, 0.2) is 36.4 Å². The normalized spacial score (nSPS) is 16.0. The molecular formula is C24H28N4O7. The lowest BCUT2D eigenvalue weighted by Crippen LogP contribution is -2.38. The molecule has 0 radical (unpaired) electrons. The Morgan fingerprint density at radius 1 is 0.971 bits per heavy atom. The second kappa shape index (κ2) is 11.2. The Balaban J connectivity index is 1.71. The lowest BCUT2D eigenvalue weighted by Gasteiger charge is -2.31. The summed E-state index contributed by atoms with van der Waals surface area (Å²) in [6.07, 6.45) is 0. The van der Waals surface area contributed by atoms with Gasteiger partial charge in [-0.05, 0) is 31.2 Å². The summed E-state index contributed by atoms with van der Waals surface area (Å²) in [7, 11) is 0. The van der Waals surface area contributed by atoms with Crippen molar-refractivity contribution in [1.82, 2.24) is 0 Å². The predicted molar refractivity (Wildman–Crippen MR) is 130 cm³/mol. The highest BCUT2D eigenvalue weighted by Crippen LogP contribution is 2.31. The summed E-state index contributed by atoms with van der Waals surface area (Å²) < 4.78 is 16.0. The van der Waals surface area contributed by atoms with Gasteiger partial charge in [0.05, 0.1) is 66.1 Å². The van der Waals surface area contributed by atoms with Crippen LogP contribution in [-0.2, 0) is 14.2 Å². The van der Waals surface area contributed by atoms with Gasteiger partial charge in [0.1, 0.15) is 0 Å². The molecule has 186 valence electrons. The summed E-state index contributed by atoms with van der Waals surface area (Å²) in [5.74, 6) is -1.01. The van der Waals surface area contributed by atoms with Crippen LogP contribution >= 0.6 is 0 Å². The Hall–Kier alpha value is -3.70. The first-order valence-electron chi connectivity index (χ1n) is 11.5. The van der Waals surface area contributed by atoms with Crippen LogP contribution in [0, 0.1) is 10.1 Å². The minimum atomic E-state index is -0.527. The van der Waals surface area contributed by atoms with Crippen molar-refractivity contribution in [3.63, 3.8) is 0 Å². The van der Waals surface area contributed by atoms with Gasteiger partial charge in [-0.25, -0.2) is 4.79 Å². The SMILES string of the molecule is CCOC(=O)c1ccc(N2CCOCC2)c(NC(=O)c2cc([N+](=O)[O-])ccc2N2CCOCC2)c1. The van der Waals surface area contributed by atoms with E-state index in [2.05, 4.69) is 10.2 Å². The van der Waals surface area contributed by atoms with E-state index in [1.165, 1.54) is 12.1 Å². The fourth-order valence-corrected chi connectivity index (χ4v) is 4.15. The highest BCUT2D eigenvalue weighted by molar-refractivity contribution is 6.10. The molecule has 11 nitrogen and oxygen atoms in total. The zero-order valence-corrected chi connectivity index (χ0v) is 19.5. The fourth-order valence-electron chi connectivity index (χ4n) is 4.15. The average Bonchev–Trinajstić information content (AvgIpc) is 2.89. The van der Waals surface area contributed by atoms with Crippen LogP contribution in [0.2, 0.25) is 0 Å². The molecule has 0 spiro atoms. The molecule has 2 saturated heterocycles. The second-order valence-corrected chi connectivity index (χ2v) is 8.06. The molecule has 0 bridgehead atoms. The molecule has 0 saturated carbocycles. The minimum Gasteiger partial charge on any atom is -0.462 e. The van der Waals surface area contributed by atoms with E-state index in [-0.39, 0.29) is 17.9 Å². The van der Waals surface area contributed by atoms with Crippen LogP contribution in [0.5, 0.6) is 0 Å². The van der Waals surface area contributed by atoms with Gasteiger partial charge >= 0.3 is 5.97 Å². The summed E-state index contributed by atoms with van der Waals surface area (Å²) in [4.78, 5) is 40.8. The molecule has 1 N–H and O–H groups in total. The maximum absolute atomic E-state index is 13.5. The Morgan fingerprint density at radius 2 is 1.57 bits per heavy atom. The van der Waals surface area contributed by atoms with E-state index < -0.39 is 16.8 Å². The van der Waals surface area contributed by atoms with E-state index >= 15 is 0 Å². The molecule has 2 aromatic rings. The molecular weight excluding hydrogens is 456 g/mol. The van der Waals surface area contributed by atoms with E-state index in [9.17, 15) is 19.7 Å². The van der Waals surface area contributed by atoms with Gasteiger partial charge in [0, 0.05) is 38.3 Å². The lowest BCUT2D eigenvalue weighted by molar-refractivity contribution is -0.384. The third kappa shape index (κ3) is 5.69. The number of non-ortho nitro benzene ring substituents is 1. The summed E-state index contributed by atoms with van der Waals surface area (Å²) in [5, 5.41) is 14.3. The largest absolute Gasteiger partial charge is 0.462 e. The van der Waals surface area contributed by atoms with E-state index in [0.29, 0.717) is 69.5 Å². The third-order valence-corrected chi connectivity index (χ3v) is 5.90. The first-order valence-corrected chi connectivity index (χ1v) is 11.5. The van der Waals surface area contributed by atoms with E-state index in [1.807, 2.05) is 4.90 Å². The molecule has 0 aliphatic carbocycles. The standard InChI is InChI=1S/C24H28N4O7/c1-2-35-24(30)17-3-5-22(27-9-13-34-14-10-27)20(15-17)25-23(29)19-16-18(28(31)32)4-6-21(19)26-7-11-33-12-8-26/h3-6,15-16H,2,7-14H2,1H3,(H,25,29). The minimum absolute atomic E-state index is 0.176. The summed E-state index contributed by atoms with van der Waals surface area (Å²) >= 11 is 0. The van der Waals surface area contributed by atoms with E-state index in [0.717, 1.165) is 5.69 Å². The van der Waals surface area contributed by atoms with Gasteiger partial charge in [0.2, 0.25) is 0 Å². The van der Waals surface area contributed by atoms with Crippen LogP contribution in [0.1, 0.15) is 27.6 Å². The molecule has 0 atom stereocenters. The molecule has 2 fully saturated rings. The number of hydrogen-bond donors (Lipinski definition) is 1. The van der Waals surface area contributed by atoms with Crippen molar-refractivity contribution >= 4 is 34.6 Å². The molecule has 11 heteroatoms. The maximum atomic E-state index is 13.5. The van der Waals surface area contributed by atoms with Gasteiger partial charge in [-0.15, -0.1) is 0 Å². The summed E-state index contributed by atoms with van der Waals surface area (Å²) in [5.41, 5.74) is 2.03. The Kier molecular flexibility index (Phi) is 7.78. The number of carbonyl (C=O) groups excluding carboxylic acids is 2. The smallest absolute Gasteiger partial charge is 0.338 e. The van der Waals surface area contributed by atoms with Gasteiger partial charge in [-0.1, -0.05) is 0 Å². The Bertz CT molecular complexity index is 1100. The second-order valence-electron chi connectivity index (χ2n) is 8.06. The van der Waals surface area contributed by atoms with Gasteiger partial charge in [0.15, 0.2) is 0 Å². The molecule has 0 unspecified atom stereocenters. The van der Waals surface area contributed by atoms with Crippen molar-refractivity contribution in [3.05, 3.63) is 57.6 Å². The van der Waals surface area contributed by atoms with Crippen molar-refractivity contribution in [1.29, 1.82) is 0 Å². The van der Waals surface area contributed by atoms with Gasteiger partial charge in [-0.2, -0.15) is 0 Å². The molecule has 4 rings (SSSR count). The van der Waals surface area contributed by atoms with Crippen LogP contribution in [0.3, 0.4) is 0 Å². The predicted octanol–water partition coefficient (Wildman–Crippen LogP) is 2.70. The van der Waals surface area contributed by atoms with Crippen molar-refractivity contribution in [3.8, 4) is 0 Å². The van der Waals surface area contributed by atoms with Crippen molar-refractivity contribution < 1.29 is 28.7 Å². The van der Waals surface area contributed by atoms with Crippen molar-refractivity contribution in [2.45, 2.75) is 6.92 Å². The number of benzene rings is 2. The number of rotatable bonds is 7. The van der Waals surface area contributed by atoms with Gasteiger partial charge < -0.3 is 29.3 Å². The topological polar surface area (TPSA) is 123 Å². The lowest BCUT2D eigenvalue weighted by atomic mass is 10.1. The zero-order chi connectivity index (χ0) is 24.8. The molecule has 0 aromatic heterocycles. The van der Waals surface area contributed by atoms with Gasteiger partial charge in [0.25, 0.3) is 11.6 Å². The number of nitro groups is 1. The van der Waals surface area contributed by atoms with Crippen LogP contribution in [0.25, 0.3) is 0 Å². The monoisotopic (exact) mass is 484 g/mol. The number of ether oxygens (including phenoxy) is 3.